The number of carboxylic acid groups (broad SMARTS) is 1. The fraction of sp³-hybridized carbons (Fsp3) is 0.917. The van der Waals surface area contributed by atoms with Crippen molar-refractivity contribution in [1.82, 2.24) is 0 Å². The van der Waals surface area contributed by atoms with Gasteiger partial charge in [-0.15, -0.1) is 0 Å². The molecule has 0 aliphatic rings. The van der Waals surface area contributed by atoms with Gasteiger partial charge < -0.3 is 9.90 Å². The molecule has 0 spiro atoms. The molecule has 19 heavy (non-hydrogen) atoms. The van der Waals surface area contributed by atoms with Gasteiger partial charge >= 0.3 is 61.2 Å². The van der Waals surface area contributed by atoms with Crippen LogP contribution in [0.5, 0.6) is 0 Å². The molecular formula is C12H23AlLi2O4. The second-order valence-electron chi connectivity index (χ2n) is 4.05. The van der Waals surface area contributed by atoms with E-state index in [2.05, 4.69) is 6.92 Å². The molecule has 0 radical (unpaired) electrons. The average Bonchev–Trinajstić information content (AvgIpc) is 2.27. The molecule has 4 nitrogen and oxygen atoms in total. The van der Waals surface area contributed by atoms with E-state index in [1.807, 2.05) is 0 Å². The fourth-order valence-corrected chi connectivity index (χ4v) is 1.58. The van der Waals surface area contributed by atoms with Crippen LogP contribution in [0.1, 0.15) is 71.1 Å². The van der Waals surface area contributed by atoms with Crippen LogP contribution in [0.15, 0.2) is 0 Å². The van der Waals surface area contributed by atoms with Crippen molar-refractivity contribution in [2.24, 2.45) is 0 Å². The average molecular weight is 272 g/mol. The molecule has 0 aromatic heterocycles. The summed E-state index contributed by atoms with van der Waals surface area (Å²) in [4.78, 5) is 10.1. The van der Waals surface area contributed by atoms with Gasteiger partial charge in [-0.2, -0.15) is 0 Å². The standard InChI is InChI=1S/C12H24O2.Al.2Li.2O/c1-2-3-4-5-6-7-8-9-10-11-12(13)14;;;;;/h2-11H2,1H3,(H,13,14);;;;;/q;;2*+1;;-1/p-1. The molecule has 0 amide bonds. The molecule has 0 aliphatic heterocycles. The van der Waals surface area contributed by atoms with E-state index in [0.29, 0.717) is 0 Å². The number of unbranched alkanes of at least 4 members (excludes halogenated alkanes) is 8. The summed E-state index contributed by atoms with van der Waals surface area (Å²) in [7, 11) is 0. The van der Waals surface area contributed by atoms with Gasteiger partial charge in [0.2, 0.25) is 0 Å². The van der Waals surface area contributed by atoms with Crippen LogP contribution >= 0.6 is 0 Å². The number of hydrogen-bond acceptors (Lipinski definition) is 4. The van der Waals surface area contributed by atoms with Gasteiger partial charge in [-0.3, -0.25) is 0 Å². The normalized spacial score (nSPS) is 8.05. The summed E-state index contributed by atoms with van der Waals surface area (Å²) in [6.07, 6.45) is 11.2. The Labute approximate surface area is 147 Å². The maximum absolute atomic E-state index is 10.1. The second kappa shape index (κ2) is 27.2. The molecule has 0 atom stereocenters. The van der Waals surface area contributed by atoms with Crippen LogP contribution in [0.4, 0.5) is 0 Å². The number of aliphatic carboxylic acids is 1. The van der Waals surface area contributed by atoms with Gasteiger partial charge in [0.05, 0.1) is 0 Å². The van der Waals surface area contributed by atoms with Gasteiger partial charge in [-0.1, -0.05) is 58.3 Å². The topological polar surface area (TPSA) is 80.3 Å². The number of carbonyl (C=O) groups excluding carboxylic acids is 1. The van der Waals surface area contributed by atoms with Crippen molar-refractivity contribution in [2.75, 3.05) is 0 Å². The zero-order chi connectivity index (χ0) is 13.4. The molecule has 0 unspecified atom stereocenters. The van der Waals surface area contributed by atoms with Crippen molar-refractivity contribution in [1.29, 1.82) is 0 Å². The molecule has 0 fully saturated rings. The van der Waals surface area contributed by atoms with Crippen LogP contribution in [0.2, 0.25) is 0 Å². The Morgan fingerprint density at radius 2 is 1.21 bits per heavy atom. The summed E-state index contributed by atoms with van der Waals surface area (Å²) in [6.45, 7) is 2.22. The third-order valence-electron chi connectivity index (χ3n) is 2.48. The summed E-state index contributed by atoms with van der Waals surface area (Å²) in [6, 6.07) is 0. The Bertz CT molecular complexity index is 183. The van der Waals surface area contributed by atoms with Gasteiger partial charge in [0.1, 0.15) is 0 Å². The van der Waals surface area contributed by atoms with Gasteiger partial charge in [-0.05, 0) is 12.8 Å². The van der Waals surface area contributed by atoms with Crippen LogP contribution in [-0.4, -0.2) is 21.5 Å². The fourth-order valence-electron chi connectivity index (χ4n) is 1.58. The monoisotopic (exact) mass is 272 g/mol. The molecule has 0 bridgehead atoms. The van der Waals surface area contributed by atoms with Crippen molar-refractivity contribution in [3.63, 3.8) is 0 Å². The summed E-state index contributed by atoms with van der Waals surface area (Å²) in [5, 5.41) is 10.1. The molecule has 100 valence electrons. The molecule has 0 heterocycles. The Hall–Kier alpha value is 0.797. The zero-order valence-corrected chi connectivity index (χ0v) is 13.9. The van der Waals surface area contributed by atoms with Crippen LogP contribution < -0.4 is 47.0 Å². The zero-order valence-electron chi connectivity index (χ0n) is 12.8. The van der Waals surface area contributed by atoms with Crippen LogP contribution in [0.3, 0.4) is 0 Å². The second-order valence-corrected chi connectivity index (χ2v) is 4.24. The van der Waals surface area contributed by atoms with Crippen molar-refractivity contribution >= 4 is 21.5 Å². The molecule has 0 saturated carbocycles. The first kappa shape index (κ1) is 28.0. The van der Waals surface area contributed by atoms with Crippen LogP contribution in [0.25, 0.3) is 0 Å². The number of carboxylic acids is 1. The minimum absolute atomic E-state index is 0. The Balaban J connectivity index is -0.000000204. The van der Waals surface area contributed by atoms with E-state index in [1.165, 1.54) is 44.9 Å². The maximum atomic E-state index is 10.1. The number of carbonyl (C=O) groups is 1. The number of rotatable bonds is 10. The molecule has 0 aromatic carbocycles. The molecule has 0 aromatic rings. The van der Waals surface area contributed by atoms with Crippen molar-refractivity contribution in [3.8, 4) is 0 Å². The minimum atomic E-state index is -1.75. The van der Waals surface area contributed by atoms with Gasteiger partial charge in [0.25, 0.3) is 0 Å². The predicted molar refractivity (Wildman–Crippen MR) is 63.3 cm³/mol. The quantitative estimate of drug-likeness (QED) is 0.294. The molecule has 7 heteroatoms. The third-order valence-corrected chi connectivity index (χ3v) is 2.48. The molecule has 0 rings (SSSR count). The Morgan fingerprint density at radius 1 is 0.895 bits per heavy atom. The third kappa shape index (κ3) is 38.1. The first-order chi connectivity index (χ1) is 8.18. The van der Waals surface area contributed by atoms with E-state index in [1.54, 1.807) is 0 Å². The Morgan fingerprint density at radius 3 is 1.53 bits per heavy atom. The van der Waals surface area contributed by atoms with Crippen molar-refractivity contribution in [2.45, 2.75) is 71.1 Å². The summed E-state index contributed by atoms with van der Waals surface area (Å²) >= 11 is -1.75. The van der Waals surface area contributed by atoms with E-state index in [4.69, 9.17) is 7.96 Å². The summed E-state index contributed by atoms with van der Waals surface area (Å²) < 4.78 is 16.9. The van der Waals surface area contributed by atoms with Crippen molar-refractivity contribution in [3.05, 3.63) is 0 Å². The SMILES string of the molecule is CCCCCCCCCCCC(=O)[O-].[Li+].[Li+].[O]=[Al][O-]. The van der Waals surface area contributed by atoms with E-state index in [-0.39, 0.29) is 44.1 Å². The van der Waals surface area contributed by atoms with Crippen LogP contribution in [-0.2, 0) is 8.60 Å². The van der Waals surface area contributed by atoms with E-state index in [9.17, 15) is 9.90 Å². The Kier molecular flexibility index (Phi) is 40.1. The van der Waals surface area contributed by atoms with E-state index >= 15 is 0 Å². The molecular weight excluding hydrogens is 249 g/mol. The van der Waals surface area contributed by atoms with Gasteiger partial charge in [0, 0.05) is 5.97 Å². The number of hydrogen-bond donors (Lipinski definition) is 0. The molecule has 0 N–H and O–H groups in total. The first-order valence-electron chi connectivity index (χ1n) is 6.44. The summed E-state index contributed by atoms with van der Waals surface area (Å²) in [5.41, 5.74) is 0. The van der Waals surface area contributed by atoms with Gasteiger partial charge in [0.15, 0.2) is 0 Å². The summed E-state index contributed by atoms with van der Waals surface area (Å²) in [5.74, 6) is -0.909. The van der Waals surface area contributed by atoms with Gasteiger partial charge in [-0.25, -0.2) is 0 Å². The van der Waals surface area contributed by atoms with E-state index in [0.717, 1.165) is 12.8 Å². The molecule has 0 saturated heterocycles. The van der Waals surface area contributed by atoms with E-state index < -0.39 is 21.5 Å². The predicted octanol–water partition coefficient (Wildman–Crippen LogP) is -5.02. The van der Waals surface area contributed by atoms with Crippen molar-refractivity contribution < 1.29 is 55.6 Å². The van der Waals surface area contributed by atoms with Crippen LogP contribution in [0, 0.1) is 0 Å². The first-order valence-corrected chi connectivity index (χ1v) is 7.38. The molecule has 0 aliphatic carbocycles.